The fourth-order valence-electron chi connectivity index (χ4n) is 3.52. The first kappa shape index (κ1) is 17.0. The van der Waals surface area contributed by atoms with Crippen LogP contribution in [-0.4, -0.2) is 12.6 Å². The van der Waals surface area contributed by atoms with Crippen molar-refractivity contribution in [3.63, 3.8) is 0 Å². The second-order valence-electron chi connectivity index (χ2n) is 6.53. The molecule has 1 aromatic rings. The summed E-state index contributed by atoms with van der Waals surface area (Å²) in [7, 11) is 0. The van der Waals surface area contributed by atoms with E-state index in [0.717, 1.165) is 41.3 Å². The topological polar surface area (TPSA) is 12.0 Å². The molecular weight excluding hydrogens is 329 g/mol. The Balaban J connectivity index is 2.09. The predicted molar refractivity (Wildman–Crippen MR) is 91.0 cm³/mol. The van der Waals surface area contributed by atoms with E-state index in [1.165, 1.54) is 31.7 Å². The molecule has 1 N–H and O–H groups in total. The molecule has 3 unspecified atom stereocenters. The molecule has 3 atom stereocenters. The number of benzene rings is 1. The Bertz CT molecular complexity index is 449. The molecule has 21 heavy (non-hydrogen) atoms. The highest BCUT2D eigenvalue weighted by Gasteiger charge is 2.27. The molecule has 1 aliphatic carbocycles. The molecule has 0 radical (unpaired) electrons. The molecule has 1 saturated carbocycles. The fourth-order valence-corrected chi connectivity index (χ4v) is 3.93. The Labute approximate surface area is 136 Å². The van der Waals surface area contributed by atoms with Crippen LogP contribution in [0.3, 0.4) is 0 Å². The van der Waals surface area contributed by atoms with Gasteiger partial charge in [-0.05, 0) is 67.8 Å². The average Bonchev–Trinajstić information content (AvgIpc) is 2.47. The lowest BCUT2D eigenvalue weighted by atomic mass is 9.77. The zero-order valence-electron chi connectivity index (χ0n) is 13.2. The molecule has 118 valence electrons. The monoisotopic (exact) mass is 355 g/mol. The van der Waals surface area contributed by atoms with E-state index in [2.05, 4.69) is 35.1 Å². The average molecular weight is 356 g/mol. The minimum atomic E-state index is -0.139. The Kier molecular flexibility index (Phi) is 6.69. The van der Waals surface area contributed by atoms with Crippen LogP contribution < -0.4 is 5.32 Å². The number of rotatable bonds is 6. The zero-order valence-corrected chi connectivity index (χ0v) is 14.8. The zero-order chi connectivity index (χ0) is 15.2. The number of hydrogen-bond donors (Lipinski definition) is 1. The molecular formula is C18H27BrFN. The van der Waals surface area contributed by atoms with E-state index in [9.17, 15) is 4.39 Å². The quantitative estimate of drug-likeness (QED) is 0.727. The molecule has 0 heterocycles. The normalized spacial score (nSPS) is 24.0. The Morgan fingerprint density at radius 2 is 2.19 bits per heavy atom. The van der Waals surface area contributed by atoms with Crippen molar-refractivity contribution >= 4 is 15.9 Å². The van der Waals surface area contributed by atoms with Gasteiger partial charge in [-0.2, -0.15) is 0 Å². The number of halogens is 2. The summed E-state index contributed by atoms with van der Waals surface area (Å²) in [5.74, 6) is 1.40. The highest BCUT2D eigenvalue weighted by Crippen LogP contribution is 2.33. The lowest BCUT2D eigenvalue weighted by molar-refractivity contribution is 0.221. The maximum absolute atomic E-state index is 13.5. The predicted octanol–water partition coefficient (Wildman–Crippen LogP) is 5.33. The molecule has 0 saturated heterocycles. The summed E-state index contributed by atoms with van der Waals surface area (Å²) in [4.78, 5) is 0. The molecule has 1 fully saturated rings. The van der Waals surface area contributed by atoms with Gasteiger partial charge in [-0.25, -0.2) is 4.39 Å². The van der Waals surface area contributed by atoms with Crippen molar-refractivity contribution in [3.05, 3.63) is 34.1 Å². The van der Waals surface area contributed by atoms with Crippen LogP contribution >= 0.6 is 15.9 Å². The summed E-state index contributed by atoms with van der Waals surface area (Å²) in [6.07, 6.45) is 7.35. The van der Waals surface area contributed by atoms with Crippen LogP contribution in [-0.2, 0) is 6.42 Å². The van der Waals surface area contributed by atoms with E-state index in [-0.39, 0.29) is 5.82 Å². The van der Waals surface area contributed by atoms with Crippen molar-refractivity contribution in [1.29, 1.82) is 0 Å². The van der Waals surface area contributed by atoms with Crippen molar-refractivity contribution in [3.8, 4) is 0 Å². The maximum atomic E-state index is 13.5. The van der Waals surface area contributed by atoms with Crippen LogP contribution in [0.25, 0.3) is 0 Å². The van der Waals surface area contributed by atoms with E-state index in [1.54, 1.807) is 6.07 Å². The second kappa shape index (κ2) is 8.28. The van der Waals surface area contributed by atoms with Crippen molar-refractivity contribution in [2.24, 2.45) is 11.8 Å². The Morgan fingerprint density at radius 3 is 2.90 bits per heavy atom. The molecule has 2 rings (SSSR count). The summed E-state index contributed by atoms with van der Waals surface area (Å²) in [5.41, 5.74) is 1.09. The standard InChI is InChI=1S/C18H27BrFN/c1-3-9-21-18(14-6-4-5-13(2)10-14)12-15-11-16(20)7-8-17(15)19/h7-8,11,13-14,18,21H,3-6,9-10,12H2,1-2H3. The Hall–Kier alpha value is -0.410. The van der Waals surface area contributed by atoms with Gasteiger partial charge in [-0.1, -0.05) is 42.6 Å². The van der Waals surface area contributed by atoms with Gasteiger partial charge in [0, 0.05) is 10.5 Å². The molecule has 0 aromatic heterocycles. The summed E-state index contributed by atoms with van der Waals surface area (Å²) >= 11 is 3.57. The first-order valence-electron chi connectivity index (χ1n) is 8.27. The van der Waals surface area contributed by atoms with Crippen LogP contribution in [0.5, 0.6) is 0 Å². The summed E-state index contributed by atoms with van der Waals surface area (Å²) < 4.78 is 14.5. The summed E-state index contributed by atoms with van der Waals surface area (Å²) in [6, 6.07) is 5.48. The van der Waals surface area contributed by atoms with Gasteiger partial charge in [0.1, 0.15) is 5.82 Å². The van der Waals surface area contributed by atoms with Crippen LogP contribution in [0.15, 0.2) is 22.7 Å². The molecule has 0 aliphatic heterocycles. The van der Waals surface area contributed by atoms with Crippen LogP contribution in [0.4, 0.5) is 4.39 Å². The number of nitrogens with one attached hydrogen (secondary N) is 1. The molecule has 0 bridgehead atoms. The van der Waals surface area contributed by atoms with E-state index in [1.807, 2.05) is 6.07 Å². The first-order valence-corrected chi connectivity index (χ1v) is 9.06. The van der Waals surface area contributed by atoms with Gasteiger partial charge in [-0.15, -0.1) is 0 Å². The fraction of sp³-hybridized carbons (Fsp3) is 0.667. The highest BCUT2D eigenvalue weighted by atomic mass is 79.9. The van der Waals surface area contributed by atoms with Gasteiger partial charge in [0.05, 0.1) is 0 Å². The third kappa shape index (κ3) is 5.07. The van der Waals surface area contributed by atoms with Gasteiger partial charge in [0.15, 0.2) is 0 Å². The van der Waals surface area contributed by atoms with Crippen molar-refractivity contribution in [1.82, 2.24) is 5.32 Å². The molecule has 1 aromatic carbocycles. The third-order valence-corrected chi connectivity index (χ3v) is 5.42. The van der Waals surface area contributed by atoms with Crippen LogP contribution in [0.1, 0.15) is 51.5 Å². The minimum Gasteiger partial charge on any atom is -0.313 e. The second-order valence-corrected chi connectivity index (χ2v) is 7.39. The summed E-state index contributed by atoms with van der Waals surface area (Å²) in [5, 5.41) is 3.71. The Morgan fingerprint density at radius 1 is 1.38 bits per heavy atom. The molecule has 3 heteroatoms. The van der Waals surface area contributed by atoms with Gasteiger partial charge >= 0.3 is 0 Å². The molecule has 1 aliphatic rings. The van der Waals surface area contributed by atoms with E-state index in [0.29, 0.717) is 6.04 Å². The number of hydrogen-bond acceptors (Lipinski definition) is 1. The van der Waals surface area contributed by atoms with Crippen LogP contribution in [0.2, 0.25) is 0 Å². The van der Waals surface area contributed by atoms with Crippen molar-refractivity contribution in [2.75, 3.05) is 6.54 Å². The van der Waals surface area contributed by atoms with Crippen molar-refractivity contribution < 1.29 is 4.39 Å². The largest absolute Gasteiger partial charge is 0.313 e. The van der Waals surface area contributed by atoms with Gasteiger partial charge in [-0.3, -0.25) is 0 Å². The minimum absolute atomic E-state index is 0.139. The third-order valence-electron chi connectivity index (χ3n) is 4.65. The highest BCUT2D eigenvalue weighted by molar-refractivity contribution is 9.10. The van der Waals surface area contributed by atoms with E-state index in [4.69, 9.17) is 0 Å². The van der Waals surface area contributed by atoms with Crippen molar-refractivity contribution in [2.45, 2.75) is 58.4 Å². The molecule has 0 spiro atoms. The van der Waals surface area contributed by atoms with E-state index >= 15 is 0 Å². The maximum Gasteiger partial charge on any atom is 0.123 e. The summed E-state index contributed by atoms with van der Waals surface area (Å²) in [6.45, 7) is 5.61. The van der Waals surface area contributed by atoms with Crippen LogP contribution in [0, 0.1) is 17.7 Å². The molecule has 0 amide bonds. The van der Waals surface area contributed by atoms with Gasteiger partial charge in [0.25, 0.3) is 0 Å². The van der Waals surface area contributed by atoms with Gasteiger partial charge in [0.2, 0.25) is 0 Å². The van der Waals surface area contributed by atoms with Gasteiger partial charge < -0.3 is 5.32 Å². The SMILES string of the molecule is CCCNC(Cc1cc(F)ccc1Br)C1CCCC(C)C1. The van der Waals surface area contributed by atoms with E-state index < -0.39 is 0 Å². The lowest BCUT2D eigenvalue weighted by Crippen LogP contribution is -2.40. The lowest BCUT2D eigenvalue weighted by Gasteiger charge is -2.34. The smallest absolute Gasteiger partial charge is 0.123 e. The molecule has 1 nitrogen and oxygen atoms in total. The first-order chi connectivity index (χ1) is 10.1.